The third kappa shape index (κ3) is 3.53. The molecule has 1 aromatic carbocycles. The van der Waals surface area contributed by atoms with Crippen LogP contribution in [0.25, 0.3) is 10.9 Å². The predicted molar refractivity (Wildman–Crippen MR) is 107 cm³/mol. The number of aromatic amines is 1. The van der Waals surface area contributed by atoms with Gasteiger partial charge in [-0.3, -0.25) is 9.59 Å². The van der Waals surface area contributed by atoms with Gasteiger partial charge in [-0.25, -0.2) is 0 Å². The van der Waals surface area contributed by atoms with Crippen molar-refractivity contribution in [1.29, 1.82) is 0 Å². The Kier molecular flexibility index (Phi) is 4.94. The van der Waals surface area contributed by atoms with Crippen LogP contribution in [0, 0.1) is 5.92 Å². The summed E-state index contributed by atoms with van der Waals surface area (Å²) in [7, 11) is -2.02. The summed E-state index contributed by atoms with van der Waals surface area (Å²) in [5.41, 5.74) is 1.78. The van der Waals surface area contributed by atoms with Crippen LogP contribution in [0.2, 0.25) is 18.1 Å². The van der Waals surface area contributed by atoms with Gasteiger partial charge in [0.25, 0.3) is 0 Å². The van der Waals surface area contributed by atoms with Gasteiger partial charge in [-0.1, -0.05) is 39.0 Å². The number of carboxylic acids is 1. The Morgan fingerprint density at radius 1 is 1.26 bits per heavy atom. The number of para-hydroxylation sites is 1. The average molecular weight is 389 g/mol. The molecule has 0 aliphatic carbocycles. The molecule has 1 fully saturated rings. The fourth-order valence-corrected chi connectivity index (χ4v) is 4.48. The quantitative estimate of drug-likeness (QED) is 0.540. The Balaban J connectivity index is 1.95. The third-order valence-corrected chi connectivity index (χ3v) is 10.6. The maximum absolute atomic E-state index is 12.4. The van der Waals surface area contributed by atoms with Crippen LogP contribution in [-0.2, 0) is 14.0 Å². The van der Waals surface area contributed by atoms with Crippen LogP contribution >= 0.6 is 0 Å². The zero-order valence-electron chi connectivity index (χ0n) is 16.5. The molecule has 1 amide bonds. The monoisotopic (exact) mass is 388 g/mol. The highest BCUT2D eigenvalue weighted by atomic mass is 28.4. The van der Waals surface area contributed by atoms with Gasteiger partial charge in [-0.15, -0.1) is 0 Å². The van der Waals surface area contributed by atoms with Crippen LogP contribution in [0.15, 0.2) is 30.5 Å². The Morgan fingerprint density at radius 3 is 2.56 bits per heavy atom. The van der Waals surface area contributed by atoms with Gasteiger partial charge in [0.2, 0.25) is 5.91 Å². The average Bonchev–Trinajstić information content (AvgIpc) is 3.12. The second kappa shape index (κ2) is 6.80. The minimum atomic E-state index is -2.02. The van der Waals surface area contributed by atoms with E-state index in [1.54, 1.807) is 0 Å². The van der Waals surface area contributed by atoms with Gasteiger partial charge in [0.05, 0.1) is 12.6 Å². The van der Waals surface area contributed by atoms with E-state index in [9.17, 15) is 14.7 Å². The highest BCUT2D eigenvalue weighted by Crippen LogP contribution is 2.40. The molecule has 0 radical (unpaired) electrons. The number of H-pyrrole nitrogens is 1. The molecule has 1 aromatic heterocycles. The van der Waals surface area contributed by atoms with Gasteiger partial charge in [0, 0.05) is 23.0 Å². The van der Waals surface area contributed by atoms with Crippen LogP contribution < -0.4 is 5.32 Å². The van der Waals surface area contributed by atoms with E-state index in [1.807, 2.05) is 30.5 Å². The van der Waals surface area contributed by atoms with E-state index in [2.05, 4.69) is 44.2 Å². The Morgan fingerprint density at radius 2 is 1.93 bits per heavy atom. The van der Waals surface area contributed by atoms with Crippen molar-refractivity contribution in [3.63, 3.8) is 0 Å². The number of carboxylic acid groups (broad SMARTS) is 1. The first-order chi connectivity index (χ1) is 12.5. The lowest BCUT2D eigenvalue weighted by atomic mass is 9.84. The SMILES string of the molecule is CC(C)(C)[Si](C)(C)OC[C@@H]1NC(=O)[C@@H](C(=O)O)[C@@H]1c1c[nH]c2ccccc12. The zero-order valence-corrected chi connectivity index (χ0v) is 17.5. The Labute approximate surface area is 160 Å². The molecule has 1 aliphatic rings. The first-order valence-corrected chi connectivity index (χ1v) is 12.2. The molecule has 1 aliphatic heterocycles. The van der Waals surface area contributed by atoms with Crippen molar-refractivity contribution in [3.8, 4) is 0 Å². The van der Waals surface area contributed by atoms with Gasteiger partial charge in [-0.05, 0) is 29.8 Å². The molecule has 1 saturated heterocycles. The molecule has 0 saturated carbocycles. The lowest BCUT2D eigenvalue weighted by Gasteiger charge is -2.37. The Hall–Kier alpha value is -2.12. The number of nitrogens with one attached hydrogen (secondary N) is 2. The molecule has 0 spiro atoms. The van der Waals surface area contributed by atoms with E-state index in [-0.39, 0.29) is 11.1 Å². The van der Waals surface area contributed by atoms with Gasteiger partial charge < -0.3 is 19.8 Å². The first-order valence-electron chi connectivity index (χ1n) is 9.26. The number of hydrogen-bond donors (Lipinski definition) is 3. The molecule has 7 heteroatoms. The van der Waals surface area contributed by atoms with Gasteiger partial charge in [0.1, 0.15) is 5.92 Å². The molecule has 3 N–H and O–H groups in total. The van der Waals surface area contributed by atoms with E-state index < -0.39 is 32.0 Å². The second-order valence-electron chi connectivity index (χ2n) is 8.82. The third-order valence-electron chi connectivity index (χ3n) is 6.08. The molecule has 3 atom stereocenters. The van der Waals surface area contributed by atoms with Crippen molar-refractivity contribution >= 4 is 31.1 Å². The lowest BCUT2D eigenvalue weighted by Crippen LogP contribution is -2.45. The van der Waals surface area contributed by atoms with Crippen molar-refractivity contribution < 1.29 is 19.1 Å². The number of hydrogen-bond acceptors (Lipinski definition) is 3. The highest BCUT2D eigenvalue weighted by Gasteiger charge is 2.49. The van der Waals surface area contributed by atoms with E-state index in [0.29, 0.717) is 6.61 Å². The second-order valence-corrected chi connectivity index (χ2v) is 13.6. The summed E-state index contributed by atoms with van der Waals surface area (Å²) >= 11 is 0. The number of rotatable bonds is 5. The molecular weight excluding hydrogens is 360 g/mol. The van der Waals surface area contributed by atoms with Gasteiger partial charge in [-0.2, -0.15) is 0 Å². The number of amides is 1. The summed E-state index contributed by atoms with van der Waals surface area (Å²) in [5.74, 6) is -3.13. The summed E-state index contributed by atoms with van der Waals surface area (Å²) < 4.78 is 6.32. The number of aromatic nitrogens is 1. The standard InChI is InChI=1S/C20H28N2O4Si/c1-20(2,3)27(4,5)26-11-15-16(17(19(24)25)18(23)22-15)13-10-21-14-9-7-6-8-12(13)14/h6-10,15-17,21H,11H2,1-5H3,(H,22,23)(H,24,25)/t15-,16+,17-/m0/s1. The van der Waals surface area contributed by atoms with Crippen LogP contribution in [0.3, 0.4) is 0 Å². The summed E-state index contributed by atoms with van der Waals surface area (Å²) in [6.45, 7) is 11.1. The summed E-state index contributed by atoms with van der Waals surface area (Å²) in [4.78, 5) is 27.5. The van der Waals surface area contributed by atoms with Crippen LogP contribution in [0.1, 0.15) is 32.3 Å². The fraction of sp³-hybridized carbons (Fsp3) is 0.500. The predicted octanol–water partition coefficient (Wildman–Crippen LogP) is 3.47. The molecule has 3 rings (SSSR count). The zero-order chi connectivity index (χ0) is 20.0. The van der Waals surface area contributed by atoms with E-state index in [0.717, 1.165) is 16.5 Å². The number of fused-ring (bicyclic) bond motifs is 1. The molecule has 0 bridgehead atoms. The summed E-state index contributed by atoms with van der Waals surface area (Å²) in [6, 6.07) is 7.37. The normalized spacial score (nSPS) is 23.6. The number of carbonyl (C=O) groups excluding carboxylic acids is 1. The van der Waals surface area contributed by atoms with Crippen molar-refractivity contribution in [3.05, 3.63) is 36.0 Å². The fourth-order valence-electron chi connectivity index (χ4n) is 3.45. The lowest BCUT2D eigenvalue weighted by molar-refractivity contribution is -0.145. The van der Waals surface area contributed by atoms with E-state index in [1.165, 1.54) is 0 Å². The van der Waals surface area contributed by atoms with Gasteiger partial charge in [0.15, 0.2) is 8.32 Å². The van der Waals surface area contributed by atoms with Gasteiger partial charge >= 0.3 is 5.97 Å². The molecule has 6 nitrogen and oxygen atoms in total. The van der Waals surface area contributed by atoms with E-state index >= 15 is 0 Å². The molecule has 27 heavy (non-hydrogen) atoms. The summed E-state index contributed by atoms with van der Waals surface area (Å²) in [5, 5.41) is 13.6. The number of carbonyl (C=O) groups is 2. The topological polar surface area (TPSA) is 91.4 Å². The van der Waals surface area contributed by atoms with E-state index in [4.69, 9.17) is 4.43 Å². The molecular formula is C20H28N2O4Si. The van der Waals surface area contributed by atoms with Crippen LogP contribution in [0.5, 0.6) is 0 Å². The number of aliphatic carboxylic acids is 1. The highest BCUT2D eigenvalue weighted by molar-refractivity contribution is 6.74. The molecule has 2 aromatic rings. The molecule has 0 unspecified atom stereocenters. The van der Waals surface area contributed by atoms with Crippen molar-refractivity contribution in [2.45, 2.75) is 50.9 Å². The maximum Gasteiger partial charge on any atom is 0.316 e. The van der Waals surface area contributed by atoms with Crippen molar-refractivity contribution in [2.24, 2.45) is 5.92 Å². The molecule has 2 heterocycles. The number of benzene rings is 1. The minimum Gasteiger partial charge on any atom is -0.481 e. The summed E-state index contributed by atoms with van der Waals surface area (Å²) in [6.07, 6.45) is 1.82. The smallest absolute Gasteiger partial charge is 0.316 e. The minimum absolute atomic E-state index is 0.0398. The largest absolute Gasteiger partial charge is 0.481 e. The molecule has 146 valence electrons. The van der Waals surface area contributed by atoms with Crippen LogP contribution in [-0.4, -0.2) is 42.9 Å². The van der Waals surface area contributed by atoms with Crippen molar-refractivity contribution in [2.75, 3.05) is 6.61 Å². The Bertz CT molecular complexity index is 868. The van der Waals surface area contributed by atoms with Crippen molar-refractivity contribution in [1.82, 2.24) is 10.3 Å². The van der Waals surface area contributed by atoms with Crippen LogP contribution in [0.4, 0.5) is 0 Å². The first kappa shape index (κ1) is 19.6. The maximum atomic E-state index is 12.4.